The SMILES string of the molecule is N#Cc1cc(-c2ccc3sc4cccc(Br)c4c3c2)cc(-c2nc(-c3ccccc3)nc(-c3ccccc3)n2)c1. The first kappa shape index (κ1) is 24.3. The van der Waals surface area contributed by atoms with E-state index in [0.717, 1.165) is 32.3 Å². The van der Waals surface area contributed by atoms with E-state index in [2.05, 4.69) is 64.5 Å². The zero-order valence-corrected chi connectivity index (χ0v) is 23.4. The van der Waals surface area contributed by atoms with Crippen LogP contribution in [0.15, 0.2) is 120 Å². The summed E-state index contributed by atoms with van der Waals surface area (Å²) in [6, 6.07) is 40.7. The Kier molecular flexibility index (Phi) is 6.16. The molecule has 0 radical (unpaired) electrons. The van der Waals surface area contributed by atoms with Crippen LogP contribution in [0.25, 0.3) is 65.5 Å². The first-order valence-corrected chi connectivity index (χ1v) is 14.3. The maximum Gasteiger partial charge on any atom is 0.164 e. The molecular weight excluding hydrogens is 576 g/mol. The van der Waals surface area contributed by atoms with E-state index in [0.29, 0.717) is 23.0 Å². The van der Waals surface area contributed by atoms with Crippen molar-refractivity contribution in [3.05, 3.63) is 125 Å². The van der Waals surface area contributed by atoms with Crippen molar-refractivity contribution in [3.8, 4) is 51.4 Å². The average Bonchev–Trinajstić information content (AvgIpc) is 3.40. The van der Waals surface area contributed by atoms with E-state index in [9.17, 15) is 5.26 Å². The Hall–Kier alpha value is -4.70. The fraction of sp³-hybridized carbons (Fsp3) is 0. The third-order valence-corrected chi connectivity index (χ3v) is 8.59. The number of hydrogen-bond donors (Lipinski definition) is 0. The van der Waals surface area contributed by atoms with Crippen molar-refractivity contribution in [3.63, 3.8) is 0 Å². The van der Waals surface area contributed by atoms with Gasteiger partial charge in [-0.3, -0.25) is 0 Å². The minimum absolute atomic E-state index is 0.524. The van der Waals surface area contributed by atoms with Crippen molar-refractivity contribution < 1.29 is 0 Å². The second-order valence-electron chi connectivity index (χ2n) is 9.38. The van der Waals surface area contributed by atoms with Crippen molar-refractivity contribution in [2.45, 2.75) is 0 Å². The highest BCUT2D eigenvalue weighted by molar-refractivity contribution is 9.10. The summed E-state index contributed by atoms with van der Waals surface area (Å²) in [6.07, 6.45) is 0. The number of nitrogens with zero attached hydrogens (tertiary/aromatic N) is 4. The number of rotatable bonds is 4. The standard InChI is InChI=1S/C34H19BrN4S/c35-28-12-7-13-30-31(28)27-19-24(14-15-29(27)40-30)25-16-21(20-36)17-26(18-25)34-38-32(22-8-3-1-4-9-22)37-33(39-34)23-10-5-2-6-11-23/h1-19H. The number of thiophene rings is 1. The number of halogens is 1. The Balaban J connectivity index is 1.42. The molecule has 40 heavy (non-hydrogen) atoms. The molecule has 0 spiro atoms. The van der Waals surface area contributed by atoms with Crippen molar-refractivity contribution in [1.29, 1.82) is 5.26 Å². The van der Waals surface area contributed by atoms with Gasteiger partial charge in [-0.25, -0.2) is 15.0 Å². The van der Waals surface area contributed by atoms with Gasteiger partial charge in [-0.2, -0.15) is 5.26 Å². The Morgan fingerprint density at radius 2 is 1.18 bits per heavy atom. The van der Waals surface area contributed by atoms with E-state index in [1.54, 1.807) is 11.3 Å². The second-order valence-corrected chi connectivity index (χ2v) is 11.3. The molecule has 7 aromatic rings. The molecule has 6 heteroatoms. The van der Waals surface area contributed by atoms with E-state index in [-0.39, 0.29) is 0 Å². The highest BCUT2D eigenvalue weighted by Crippen LogP contribution is 2.40. The van der Waals surface area contributed by atoms with Gasteiger partial charge in [-0.1, -0.05) is 88.7 Å². The molecule has 0 saturated heterocycles. The highest BCUT2D eigenvalue weighted by Gasteiger charge is 2.15. The van der Waals surface area contributed by atoms with Crippen LogP contribution in [-0.4, -0.2) is 15.0 Å². The predicted molar refractivity (Wildman–Crippen MR) is 167 cm³/mol. The van der Waals surface area contributed by atoms with Crippen LogP contribution in [0.1, 0.15) is 5.56 Å². The van der Waals surface area contributed by atoms with Gasteiger partial charge in [0.25, 0.3) is 0 Å². The number of hydrogen-bond acceptors (Lipinski definition) is 5. The molecule has 0 N–H and O–H groups in total. The van der Waals surface area contributed by atoms with E-state index in [1.807, 2.05) is 72.8 Å². The molecule has 2 heterocycles. The molecule has 0 bridgehead atoms. The van der Waals surface area contributed by atoms with Crippen molar-refractivity contribution >= 4 is 47.4 Å². The zero-order chi connectivity index (χ0) is 27.1. The molecule has 0 amide bonds. The van der Waals surface area contributed by atoms with Gasteiger partial charge in [-0.05, 0) is 53.6 Å². The summed E-state index contributed by atoms with van der Waals surface area (Å²) in [5.74, 6) is 1.70. The molecular formula is C34H19BrN4S. The molecule has 0 aliphatic heterocycles. The average molecular weight is 596 g/mol. The van der Waals surface area contributed by atoms with Crippen LogP contribution in [0.3, 0.4) is 0 Å². The van der Waals surface area contributed by atoms with Crippen LogP contribution in [0, 0.1) is 11.3 Å². The highest BCUT2D eigenvalue weighted by atomic mass is 79.9. The summed E-state index contributed by atoms with van der Waals surface area (Å²) in [7, 11) is 0. The van der Waals surface area contributed by atoms with Gasteiger partial charge in [0.15, 0.2) is 17.5 Å². The summed E-state index contributed by atoms with van der Waals surface area (Å²) in [5, 5.41) is 12.3. The van der Waals surface area contributed by atoms with Gasteiger partial charge in [0.05, 0.1) is 11.6 Å². The molecule has 0 fully saturated rings. The van der Waals surface area contributed by atoms with Gasteiger partial charge in [-0.15, -0.1) is 11.3 Å². The Morgan fingerprint density at radius 3 is 1.82 bits per heavy atom. The van der Waals surface area contributed by atoms with Crippen molar-refractivity contribution in [1.82, 2.24) is 15.0 Å². The lowest BCUT2D eigenvalue weighted by Crippen LogP contribution is -2.00. The van der Waals surface area contributed by atoms with Gasteiger partial charge < -0.3 is 0 Å². The molecule has 2 aromatic heterocycles. The van der Waals surface area contributed by atoms with E-state index in [4.69, 9.17) is 15.0 Å². The van der Waals surface area contributed by atoms with E-state index < -0.39 is 0 Å². The number of fused-ring (bicyclic) bond motifs is 3. The monoisotopic (exact) mass is 594 g/mol. The third kappa shape index (κ3) is 4.46. The zero-order valence-electron chi connectivity index (χ0n) is 21.0. The number of benzene rings is 5. The summed E-state index contributed by atoms with van der Waals surface area (Å²) < 4.78 is 3.53. The third-order valence-electron chi connectivity index (χ3n) is 6.80. The molecule has 7 rings (SSSR count). The van der Waals surface area contributed by atoms with Crippen molar-refractivity contribution in [2.24, 2.45) is 0 Å². The number of nitriles is 1. The summed E-state index contributed by atoms with van der Waals surface area (Å²) >= 11 is 5.51. The second kappa shape index (κ2) is 10.1. The minimum atomic E-state index is 0.524. The van der Waals surface area contributed by atoms with Crippen LogP contribution in [0.5, 0.6) is 0 Å². The molecule has 4 nitrogen and oxygen atoms in total. The van der Waals surface area contributed by atoms with Crippen LogP contribution >= 0.6 is 27.3 Å². The molecule has 0 saturated carbocycles. The van der Waals surface area contributed by atoms with Gasteiger partial charge >= 0.3 is 0 Å². The summed E-state index contributed by atoms with van der Waals surface area (Å²) in [6.45, 7) is 0. The van der Waals surface area contributed by atoms with Crippen molar-refractivity contribution in [2.75, 3.05) is 0 Å². The molecule has 0 atom stereocenters. The van der Waals surface area contributed by atoms with Gasteiger partial charge in [0.2, 0.25) is 0 Å². The lowest BCUT2D eigenvalue weighted by molar-refractivity contribution is 1.07. The molecule has 0 unspecified atom stereocenters. The predicted octanol–water partition coefficient (Wildman–Crippen LogP) is 9.54. The fourth-order valence-corrected chi connectivity index (χ4v) is 6.71. The van der Waals surface area contributed by atoms with Crippen LogP contribution in [-0.2, 0) is 0 Å². The molecule has 5 aromatic carbocycles. The van der Waals surface area contributed by atoms with Gasteiger partial charge in [0, 0.05) is 41.3 Å². The molecule has 0 aliphatic rings. The number of aromatic nitrogens is 3. The van der Waals surface area contributed by atoms with E-state index >= 15 is 0 Å². The maximum atomic E-state index is 9.95. The molecule has 188 valence electrons. The minimum Gasteiger partial charge on any atom is -0.208 e. The topological polar surface area (TPSA) is 62.5 Å². The van der Waals surface area contributed by atoms with Crippen LogP contribution in [0.4, 0.5) is 0 Å². The first-order chi connectivity index (χ1) is 19.7. The normalized spacial score (nSPS) is 11.1. The van der Waals surface area contributed by atoms with E-state index in [1.165, 1.54) is 20.2 Å². The Morgan fingerprint density at radius 1 is 0.550 bits per heavy atom. The quantitative estimate of drug-likeness (QED) is 0.203. The lowest BCUT2D eigenvalue weighted by atomic mass is 9.98. The summed E-state index contributed by atoms with van der Waals surface area (Å²) in [4.78, 5) is 14.5. The van der Waals surface area contributed by atoms with Gasteiger partial charge in [0.1, 0.15) is 0 Å². The smallest absolute Gasteiger partial charge is 0.164 e. The largest absolute Gasteiger partial charge is 0.208 e. The Bertz CT molecular complexity index is 2020. The molecule has 0 aliphatic carbocycles. The van der Waals surface area contributed by atoms with Crippen LogP contribution < -0.4 is 0 Å². The lowest BCUT2D eigenvalue weighted by Gasteiger charge is -2.10. The Labute approximate surface area is 243 Å². The first-order valence-electron chi connectivity index (χ1n) is 12.7. The fourth-order valence-electron chi connectivity index (χ4n) is 4.89. The maximum absolute atomic E-state index is 9.95. The van der Waals surface area contributed by atoms with Crippen LogP contribution in [0.2, 0.25) is 0 Å². The summed E-state index contributed by atoms with van der Waals surface area (Å²) in [5.41, 5.74) is 5.09.